The SMILES string of the molecule is CC(=O)N1CCCc2cc(NC(=O)CSc3ccc4ccccc4c3)ccc21. The van der Waals surface area contributed by atoms with Gasteiger partial charge in [0.1, 0.15) is 0 Å². The molecule has 0 spiro atoms. The van der Waals surface area contributed by atoms with Crippen LogP contribution in [-0.4, -0.2) is 24.1 Å². The van der Waals surface area contributed by atoms with E-state index in [0.717, 1.165) is 41.2 Å². The second kappa shape index (κ2) is 8.07. The number of thioether (sulfide) groups is 1. The minimum Gasteiger partial charge on any atom is -0.325 e. The summed E-state index contributed by atoms with van der Waals surface area (Å²) in [6, 6.07) is 20.3. The molecule has 3 aromatic carbocycles. The minimum atomic E-state index is -0.0302. The number of hydrogen-bond acceptors (Lipinski definition) is 3. The quantitative estimate of drug-likeness (QED) is 0.647. The van der Waals surface area contributed by atoms with Gasteiger partial charge in [0, 0.05) is 29.7 Å². The molecule has 4 rings (SSSR count). The first-order valence-electron chi connectivity index (χ1n) is 9.43. The van der Waals surface area contributed by atoms with Gasteiger partial charge in [-0.2, -0.15) is 0 Å². The molecule has 5 heteroatoms. The number of rotatable bonds is 4. The maximum atomic E-state index is 12.4. The van der Waals surface area contributed by atoms with Crippen LogP contribution in [0.25, 0.3) is 10.8 Å². The Hall–Kier alpha value is -2.79. The van der Waals surface area contributed by atoms with E-state index in [-0.39, 0.29) is 11.8 Å². The summed E-state index contributed by atoms with van der Waals surface area (Å²) in [7, 11) is 0. The molecule has 2 amide bonds. The molecule has 0 saturated heterocycles. The zero-order valence-corrected chi connectivity index (χ0v) is 16.6. The topological polar surface area (TPSA) is 49.4 Å². The van der Waals surface area contributed by atoms with Crippen LogP contribution in [0, 0.1) is 0 Å². The van der Waals surface area contributed by atoms with Crippen molar-refractivity contribution >= 4 is 45.7 Å². The van der Waals surface area contributed by atoms with Gasteiger partial charge in [-0.25, -0.2) is 0 Å². The van der Waals surface area contributed by atoms with E-state index < -0.39 is 0 Å². The predicted molar refractivity (Wildman–Crippen MR) is 116 cm³/mol. The molecule has 1 aliphatic rings. The van der Waals surface area contributed by atoms with Crippen molar-refractivity contribution in [2.75, 3.05) is 22.5 Å². The Morgan fingerprint density at radius 1 is 1.04 bits per heavy atom. The summed E-state index contributed by atoms with van der Waals surface area (Å²) in [5, 5.41) is 5.36. The summed E-state index contributed by atoms with van der Waals surface area (Å²) < 4.78 is 0. The molecule has 1 heterocycles. The van der Waals surface area contributed by atoms with E-state index in [0.29, 0.717) is 5.75 Å². The van der Waals surface area contributed by atoms with Crippen molar-refractivity contribution in [2.45, 2.75) is 24.7 Å². The number of aryl methyl sites for hydroxylation is 1. The molecule has 0 radical (unpaired) electrons. The third-order valence-corrected chi connectivity index (χ3v) is 5.95. The summed E-state index contributed by atoms with van der Waals surface area (Å²) in [6.07, 6.45) is 1.87. The van der Waals surface area contributed by atoms with Gasteiger partial charge in [-0.05, 0) is 59.5 Å². The Balaban J connectivity index is 1.40. The number of anilines is 2. The lowest BCUT2D eigenvalue weighted by Crippen LogP contribution is -2.33. The maximum absolute atomic E-state index is 12.4. The molecule has 0 fully saturated rings. The van der Waals surface area contributed by atoms with Crippen molar-refractivity contribution in [3.05, 3.63) is 66.2 Å². The Bertz CT molecular complexity index is 1050. The zero-order chi connectivity index (χ0) is 19.5. The maximum Gasteiger partial charge on any atom is 0.234 e. The first-order valence-corrected chi connectivity index (χ1v) is 10.4. The second-order valence-corrected chi connectivity index (χ2v) is 8.01. The molecular weight excluding hydrogens is 368 g/mol. The number of nitrogens with one attached hydrogen (secondary N) is 1. The first kappa shape index (κ1) is 18.6. The fraction of sp³-hybridized carbons (Fsp3) is 0.217. The van der Waals surface area contributed by atoms with Gasteiger partial charge in [0.15, 0.2) is 0 Å². The van der Waals surface area contributed by atoms with E-state index >= 15 is 0 Å². The van der Waals surface area contributed by atoms with Gasteiger partial charge < -0.3 is 10.2 Å². The van der Waals surface area contributed by atoms with Crippen molar-refractivity contribution in [3.8, 4) is 0 Å². The highest BCUT2D eigenvalue weighted by molar-refractivity contribution is 8.00. The number of fused-ring (bicyclic) bond motifs is 2. The molecule has 0 unspecified atom stereocenters. The predicted octanol–water partition coefficient (Wildman–Crippen LogP) is 4.87. The molecule has 4 nitrogen and oxygen atoms in total. The van der Waals surface area contributed by atoms with Crippen LogP contribution >= 0.6 is 11.8 Å². The fourth-order valence-electron chi connectivity index (χ4n) is 3.61. The normalized spacial score (nSPS) is 13.2. The first-order chi connectivity index (χ1) is 13.6. The van der Waals surface area contributed by atoms with E-state index in [1.165, 1.54) is 22.5 Å². The molecule has 1 aliphatic heterocycles. The Labute approximate surface area is 168 Å². The van der Waals surface area contributed by atoms with Gasteiger partial charge in [0.25, 0.3) is 0 Å². The smallest absolute Gasteiger partial charge is 0.234 e. The summed E-state index contributed by atoms with van der Waals surface area (Å²) in [6.45, 7) is 2.35. The standard InChI is InChI=1S/C23H22N2O2S/c1-16(26)25-12-4-7-19-13-20(9-11-22(19)25)24-23(27)15-28-21-10-8-17-5-2-3-6-18(17)14-21/h2-3,5-6,8-11,13-14H,4,7,12,15H2,1H3,(H,24,27). The van der Waals surface area contributed by atoms with Crippen molar-refractivity contribution in [2.24, 2.45) is 0 Å². The number of benzene rings is 3. The van der Waals surface area contributed by atoms with Gasteiger partial charge in [0.05, 0.1) is 5.75 Å². The molecule has 142 valence electrons. The van der Waals surface area contributed by atoms with Crippen molar-refractivity contribution in [1.82, 2.24) is 0 Å². The number of hydrogen-bond donors (Lipinski definition) is 1. The number of carbonyl (C=O) groups excluding carboxylic acids is 2. The third-order valence-electron chi connectivity index (χ3n) is 4.95. The van der Waals surface area contributed by atoms with Gasteiger partial charge >= 0.3 is 0 Å². The molecule has 28 heavy (non-hydrogen) atoms. The van der Waals surface area contributed by atoms with Crippen LogP contribution < -0.4 is 10.2 Å². The third kappa shape index (κ3) is 4.04. The molecule has 0 aliphatic carbocycles. The van der Waals surface area contributed by atoms with Crippen molar-refractivity contribution < 1.29 is 9.59 Å². The van der Waals surface area contributed by atoms with Gasteiger partial charge in [-0.1, -0.05) is 30.3 Å². The lowest BCUT2D eigenvalue weighted by atomic mass is 10.0. The Kier molecular flexibility index (Phi) is 5.35. The Morgan fingerprint density at radius 2 is 1.86 bits per heavy atom. The number of carbonyl (C=O) groups is 2. The van der Waals surface area contributed by atoms with Gasteiger partial charge in [0.2, 0.25) is 11.8 Å². The van der Waals surface area contributed by atoms with Crippen LogP contribution in [0.5, 0.6) is 0 Å². The van der Waals surface area contributed by atoms with Crippen molar-refractivity contribution in [1.29, 1.82) is 0 Å². The van der Waals surface area contributed by atoms with E-state index in [9.17, 15) is 9.59 Å². The molecule has 3 aromatic rings. The molecular formula is C23H22N2O2S. The summed E-state index contributed by atoms with van der Waals surface area (Å²) in [4.78, 5) is 27.1. The fourth-order valence-corrected chi connectivity index (χ4v) is 4.35. The largest absolute Gasteiger partial charge is 0.325 e. The van der Waals surface area contributed by atoms with Crippen LogP contribution in [0.4, 0.5) is 11.4 Å². The minimum absolute atomic E-state index is 0.0302. The van der Waals surface area contributed by atoms with Crippen LogP contribution in [-0.2, 0) is 16.0 Å². The van der Waals surface area contributed by atoms with Gasteiger partial charge in [-0.15, -0.1) is 11.8 Å². The average molecular weight is 391 g/mol. The summed E-state index contributed by atoms with van der Waals surface area (Å²) in [5.41, 5.74) is 2.86. The monoisotopic (exact) mass is 390 g/mol. The lowest BCUT2D eigenvalue weighted by Gasteiger charge is -2.29. The van der Waals surface area contributed by atoms with Crippen LogP contribution in [0.2, 0.25) is 0 Å². The molecule has 0 bridgehead atoms. The number of amides is 2. The van der Waals surface area contributed by atoms with Crippen molar-refractivity contribution in [3.63, 3.8) is 0 Å². The lowest BCUT2D eigenvalue weighted by molar-refractivity contribution is -0.116. The zero-order valence-electron chi connectivity index (χ0n) is 15.8. The second-order valence-electron chi connectivity index (χ2n) is 6.96. The van der Waals surface area contributed by atoms with Crippen LogP contribution in [0.1, 0.15) is 18.9 Å². The molecule has 0 aromatic heterocycles. The summed E-state index contributed by atoms with van der Waals surface area (Å²) in [5.74, 6) is 0.386. The highest BCUT2D eigenvalue weighted by Crippen LogP contribution is 2.30. The van der Waals surface area contributed by atoms with Crippen LogP contribution in [0.3, 0.4) is 0 Å². The highest BCUT2D eigenvalue weighted by atomic mass is 32.2. The summed E-state index contributed by atoms with van der Waals surface area (Å²) >= 11 is 1.53. The van der Waals surface area contributed by atoms with Gasteiger partial charge in [-0.3, -0.25) is 9.59 Å². The average Bonchev–Trinajstić information content (AvgIpc) is 2.71. The van der Waals surface area contributed by atoms with E-state index in [1.807, 2.05) is 30.3 Å². The van der Waals surface area contributed by atoms with E-state index in [4.69, 9.17) is 0 Å². The van der Waals surface area contributed by atoms with E-state index in [2.05, 4.69) is 35.6 Å². The molecule has 0 atom stereocenters. The molecule has 1 N–H and O–H groups in total. The highest BCUT2D eigenvalue weighted by Gasteiger charge is 2.20. The Morgan fingerprint density at radius 3 is 2.68 bits per heavy atom. The molecule has 0 saturated carbocycles. The number of nitrogens with zero attached hydrogens (tertiary/aromatic N) is 1. The van der Waals surface area contributed by atoms with E-state index in [1.54, 1.807) is 11.8 Å². The van der Waals surface area contributed by atoms with Crippen LogP contribution in [0.15, 0.2) is 65.6 Å².